The molecule has 0 saturated heterocycles. The first-order chi connectivity index (χ1) is 7.63. The van der Waals surface area contributed by atoms with Crippen LogP contribution in [0.3, 0.4) is 0 Å². The second-order valence-electron chi connectivity index (χ2n) is 4.00. The van der Waals surface area contributed by atoms with Crippen LogP contribution in [0.25, 0.3) is 0 Å². The number of benzene rings is 1. The lowest BCUT2D eigenvalue weighted by atomic mass is 10.1. The standard InChI is InChI=1S/C13H20BrNS/c1-4-16-9-10(2)15-11(3)12-5-7-13(14)8-6-12/h5-8,10-11,15H,4,9H2,1-3H3. The van der Waals surface area contributed by atoms with Gasteiger partial charge in [-0.3, -0.25) is 0 Å². The number of thioether (sulfide) groups is 1. The number of nitrogens with one attached hydrogen (secondary N) is 1. The Kier molecular flexibility index (Phi) is 6.47. The molecular formula is C13H20BrNS. The third-order valence-electron chi connectivity index (χ3n) is 2.48. The Morgan fingerprint density at radius 2 is 1.88 bits per heavy atom. The molecule has 0 aliphatic carbocycles. The fraction of sp³-hybridized carbons (Fsp3) is 0.538. The van der Waals surface area contributed by atoms with Crippen LogP contribution in [-0.2, 0) is 0 Å². The Balaban J connectivity index is 2.45. The molecule has 90 valence electrons. The van der Waals surface area contributed by atoms with Crippen LogP contribution in [0.4, 0.5) is 0 Å². The first-order valence-electron chi connectivity index (χ1n) is 5.72. The molecule has 0 aliphatic rings. The molecule has 0 bridgehead atoms. The first kappa shape index (κ1) is 14.1. The highest BCUT2D eigenvalue weighted by Gasteiger charge is 2.08. The molecule has 3 heteroatoms. The third-order valence-corrected chi connectivity index (χ3v) is 4.15. The van der Waals surface area contributed by atoms with Gasteiger partial charge in [-0.15, -0.1) is 0 Å². The third kappa shape index (κ3) is 4.89. The van der Waals surface area contributed by atoms with E-state index in [-0.39, 0.29) is 0 Å². The van der Waals surface area contributed by atoms with Crippen LogP contribution in [0.15, 0.2) is 28.7 Å². The van der Waals surface area contributed by atoms with Gasteiger partial charge in [-0.2, -0.15) is 11.8 Å². The normalized spacial score (nSPS) is 14.8. The van der Waals surface area contributed by atoms with E-state index in [9.17, 15) is 0 Å². The number of hydrogen-bond acceptors (Lipinski definition) is 2. The van der Waals surface area contributed by atoms with Crippen LogP contribution in [0.5, 0.6) is 0 Å². The monoisotopic (exact) mass is 301 g/mol. The van der Waals surface area contributed by atoms with E-state index in [0.29, 0.717) is 12.1 Å². The van der Waals surface area contributed by atoms with E-state index in [0.717, 1.165) is 4.47 Å². The topological polar surface area (TPSA) is 12.0 Å². The SMILES string of the molecule is CCSCC(C)NC(C)c1ccc(Br)cc1. The van der Waals surface area contributed by atoms with E-state index in [1.54, 1.807) is 0 Å². The zero-order valence-electron chi connectivity index (χ0n) is 10.2. The predicted octanol–water partition coefficient (Wildman–Crippen LogP) is 4.24. The lowest BCUT2D eigenvalue weighted by molar-refractivity contribution is 0.511. The van der Waals surface area contributed by atoms with E-state index in [2.05, 4.69) is 66.3 Å². The Morgan fingerprint density at radius 1 is 1.25 bits per heavy atom. The van der Waals surface area contributed by atoms with Gasteiger partial charge in [0.25, 0.3) is 0 Å². The van der Waals surface area contributed by atoms with Crippen LogP contribution < -0.4 is 5.32 Å². The largest absolute Gasteiger partial charge is 0.307 e. The Labute approximate surface area is 112 Å². The van der Waals surface area contributed by atoms with E-state index >= 15 is 0 Å². The molecule has 0 heterocycles. The van der Waals surface area contributed by atoms with Crippen LogP contribution in [0, 0.1) is 0 Å². The van der Waals surface area contributed by atoms with Crippen molar-refractivity contribution in [2.24, 2.45) is 0 Å². The maximum atomic E-state index is 3.61. The van der Waals surface area contributed by atoms with Gasteiger partial charge in [0, 0.05) is 22.3 Å². The molecule has 16 heavy (non-hydrogen) atoms. The van der Waals surface area contributed by atoms with E-state index < -0.39 is 0 Å². The van der Waals surface area contributed by atoms with E-state index in [1.165, 1.54) is 17.1 Å². The second-order valence-corrected chi connectivity index (χ2v) is 6.24. The van der Waals surface area contributed by atoms with Crippen LogP contribution in [0.2, 0.25) is 0 Å². The van der Waals surface area contributed by atoms with Crippen molar-refractivity contribution < 1.29 is 0 Å². The van der Waals surface area contributed by atoms with Gasteiger partial charge in [-0.25, -0.2) is 0 Å². The molecule has 0 saturated carbocycles. The zero-order chi connectivity index (χ0) is 12.0. The second kappa shape index (κ2) is 7.36. The van der Waals surface area contributed by atoms with E-state index in [1.807, 2.05) is 11.8 Å². The van der Waals surface area contributed by atoms with Gasteiger partial charge in [0.2, 0.25) is 0 Å². The molecule has 1 aromatic carbocycles. The Morgan fingerprint density at radius 3 is 2.44 bits per heavy atom. The molecule has 0 aromatic heterocycles. The maximum Gasteiger partial charge on any atom is 0.0294 e. The van der Waals surface area contributed by atoms with Crippen LogP contribution in [0.1, 0.15) is 32.4 Å². The molecule has 0 amide bonds. The summed E-state index contributed by atoms with van der Waals surface area (Å²) in [6, 6.07) is 9.50. The Bertz CT molecular complexity index is 299. The molecule has 1 N–H and O–H groups in total. The molecule has 2 atom stereocenters. The van der Waals surface area contributed by atoms with Gasteiger partial charge >= 0.3 is 0 Å². The van der Waals surface area contributed by atoms with Gasteiger partial charge in [0.15, 0.2) is 0 Å². The summed E-state index contributed by atoms with van der Waals surface area (Å²) in [6.45, 7) is 6.67. The first-order valence-corrected chi connectivity index (χ1v) is 7.67. The molecule has 0 aliphatic heterocycles. The maximum absolute atomic E-state index is 3.61. The minimum atomic E-state index is 0.417. The summed E-state index contributed by atoms with van der Waals surface area (Å²) in [7, 11) is 0. The van der Waals surface area contributed by atoms with Crippen molar-refractivity contribution in [1.82, 2.24) is 5.32 Å². The zero-order valence-corrected chi connectivity index (χ0v) is 12.6. The highest BCUT2D eigenvalue weighted by atomic mass is 79.9. The van der Waals surface area contributed by atoms with Crippen molar-refractivity contribution in [1.29, 1.82) is 0 Å². The fourth-order valence-corrected chi connectivity index (χ4v) is 2.57. The molecule has 1 aromatic rings. The molecule has 2 unspecified atom stereocenters. The highest BCUT2D eigenvalue weighted by Crippen LogP contribution is 2.17. The summed E-state index contributed by atoms with van der Waals surface area (Å²) in [5.41, 5.74) is 1.34. The highest BCUT2D eigenvalue weighted by molar-refractivity contribution is 9.10. The lowest BCUT2D eigenvalue weighted by Crippen LogP contribution is -2.30. The van der Waals surface area contributed by atoms with Crippen molar-refractivity contribution in [3.8, 4) is 0 Å². The van der Waals surface area contributed by atoms with Gasteiger partial charge in [0.1, 0.15) is 0 Å². The summed E-state index contributed by atoms with van der Waals surface area (Å²) >= 11 is 5.44. The molecule has 1 nitrogen and oxygen atoms in total. The molecule has 0 spiro atoms. The fourth-order valence-electron chi connectivity index (χ4n) is 1.62. The number of rotatable bonds is 6. The summed E-state index contributed by atoms with van der Waals surface area (Å²) in [5, 5.41) is 3.61. The summed E-state index contributed by atoms with van der Waals surface area (Å²) in [6.07, 6.45) is 0. The summed E-state index contributed by atoms with van der Waals surface area (Å²) < 4.78 is 1.14. The summed E-state index contributed by atoms with van der Waals surface area (Å²) in [4.78, 5) is 0. The quantitative estimate of drug-likeness (QED) is 0.843. The minimum absolute atomic E-state index is 0.417. The van der Waals surface area contributed by atoms with Gasteiger partial charge in [-0.05, 0) is 37.3 Å². The molecular weight excluding hydrogens is 282 g/mol. The number of halogens is 1. The van der Waals surface area contributed by atoms with Crippen molar-refractivity contribution >= 4 is 27.7 Å². The van der Waals surface area contributed by atoms with Crippen LogP contribution in [-0.4, -0.2) is 17.5 Å². The molecule has 1 rings (SSSR count). The van der Waals surface area contributed by atoms with Crippen molar-refractivity contribution in [2.75, 3.05) is 11.5 Å². The number of hydrogen-bond donors (Lipinski definition) is 1. The minimum Gasteiger partial charge on any atom is -0.307 e. The van der Waals surface area contributed by atoms with Gasteiger partial charge in [0.05, 0.1) is 0 Å². The van der Waals surface area contributed by atoms with Gasteiger partial charge in [-0.1, -0.05) is 35.0 Å². The van der Waals surface area contributed by atoms with Crippen molar-refractivity contribution in [2.45, 2.75) is 32.9 Å². The summed E-state index contributed by atoms with van der Waals surface area (Å²) in [5.74, 6) is 2.37. The van der Waals surface area contributed by atoms with Crippen molar-refractivity contribution in [3.63, 3.8) is 0 Å². The van der Waals surface area contributed by atoms with Gasteiger partial charge < -0.3 is 5.32 Å². The smallest absolute Gasteiger partial charge is 0.0294 e. The average Bonchev–Trinajstić information content (AvgIpc) is 2.27. The Hall–Kier alpha value is 0.01000. The average molecular weight is 302 g/mol. The lowest BCUT2D eigenvalue weighted by Gasteiger charge is -2.20. The van der Waals surface area contributed by atoms with Crippen molar-refractivity contribution in [3.05, 3.63) is 34.3 Å². The molecule has 0 fully saturated rings. The van der Waals surface area contributed by atoms with Crippen LogP contribution >= 0.6 is 27.7 Å². The molecule has 0 radical (unpaired) electrons. The predicted molar refractivity (Wildman–Crippen MR) is 78.2 cm³/mol. The van der Waals surface area contributed by atoms with E-state index in [4.69, 9.17) is 0 Å².